The molecule has 3 aromatic carbocycles. The van der Waals surface area contributed by atoms with Gasteiger partial charge < -0.3 is 9.47 Å². The lowest BCUT2D eigenvalue weighted by molar-refractivity contribution is -0.142. The molecule has 0 radical (unpaired) electrons. The molecule has 0 saturated carbocycles. The van der Waals surface area contributed by atoms with Crippen LogP contribution in [0, 0.1) is 5.41 Å². The second-order valence-corrected chi connectivity index (χ2v) is 11.0. The topological polar surface area (TPSA) is 35.5 Å². The fourth-order valence-electron chi connectivity index (χ4n) is 4.40. The average molecular weight is 540 g/mol. The Morgan fingerprint density at radius 2 is 1.56 bits per heavy atom. The number of rotatable bonds is 4. The second-order valence-electron chi connectivity index (χ2n) is 9.41. The summed E-state index contributed by atoms with van der Waals surface area (Å²) in [6.45, 7) is 5.59. The van der Waals surface area contributed by atoms with Crippen LogP contribution in [0.2, 0.25) is 0 Å². The summed E-state index contributed by atoms with van der Waals surface area (Å²) in [5.41, 5.74) is 4.72. The Morgan fingerprint density at radius 3 is 2.19 bits per heavy atom. The number of esters is 1. The van der Waals surface area contributed by atoms with Crippen molar-refractivity contribution in [1.29, 1.82) is 0 Å². The lowest BCUT2D eigenvalue weighted by atomic mass is 9.69. The summed E-state index contributed by atoms with van der Waals surface area (Å²) in [4.78, 5) is 12.3. The number of carbonyl (C=O) groups excluding carboxylic acids is 1. The van der Waals surface area contributed by atoms with Crippen LogP contribution < -0.4 is 9.47 Å². The highest BCUT2D eigenvalue weighted by atomic mass is 127. The maximum Gasteiger partial charge on any atom is 0.316 e. The molecule has 0 aliphatic heterocycles. The minimum absolute atomic E-state index is 0.210. The number of benzene rings is 3. The lowest BCUT2D eigenvalue weighted by Gasteiger charge is -2.38. The number of carbonyl (C=O) groups is 1. The van der Waals surface area contributed by atoms with Gasteiger partial charge in [0.05, 0.1) is 12.5 Å². The van der Waals surface area contributed by atoms with Crippen LogP contribution in [0.3, 0.4) is 0 Å². The van der Waals surface area contributed by atoms with E-state index in [0.717, 1.165) is 12.2 Å². The molecule has 1 aliphatic rings. The first-order valence-electron chi connectivity index (χ1n) is 11.0. The number of halogens is 1. The molecule has 3 aromatic rings. The van der Waals surface area contributed by atoms with Crippen LogP contribution in [0.4, 0.5) is 0 Å². The third kappa shape index (κ3) is 4.70. The highest BCUT2D eigenvalue weighted by molar-refractivity contribution is 14.1. The summed E-state index contributed by atoms with van der Waals surface area (Å²) in [5.74, 6) is 1.81. The molecule has 166 valence electrons. The maximum atomic E-state index is 12.3. The number of ether oxygens (including phenoxy) is 2. The van der Waals surface area contributed by atoms with Crippen LogP contribution >= 0.6 is 22.6 Å². The predicted octanol–water partition coefficient (Wildman–Crippen LogP) is 6.92. The van der Waals surface area contributed by atoms with E-state index < -0.39 is 5.41 Å². The molecule has 3 nitrogen and oxygen atoms in total. The van der Waals surface area contributed by atoms with E-state index >= 15 is 0 Å². The Morgan fingerprint density at radius 1 is 0.906 bits per heavy atom. The minimum atomic E-state index is -0.535. The first-order valence-corrected chi connectivity index (χ1v) is 12.2. The molecule has 0 spiro atoms. The van der Waals surface area contributed by atoms with Gasteiger partial charge in [-0.2, -0.15) is 0 Å². The van der Waals surface area contributed by atoms with E-state index in [1.54, 1.807) is 7.11 Å². The third-order valence-electron chi connectivity index (χ3n) is 6.10. The Kier molecular flexibility index (Phi) is 6.61. The SMILES string of the molecule is COc1ccc2c(c1)C[C@@H](I)[C@H](c1ccccc1)[C@H]2c1ccc(OC(=O)C(C)(C)C)cc1. The van der Waals surface area contributed by atoms with Gasteiger partial charge in [0.1, 0.15) is 11.5 Å². The van der Waals surface area contributed by atoms with Gasteiger partial charge in [0.25, 0.3) is 0 Å². The van der Waals surface area contributed by atoms with Gasteiger partial charge in [0, 0.05) is 15.8 Å². The summed E-state index contributed by atoms with van der Waals surface area (Å²) in [5, 5.41) is 0. The van der Waals surface area contributed by atoms with Gasteiger partial charge in [0.2, 0.25) is 0 Å². The van der Waals surface area contributed by atoms with Crippen molar-refractivity contribution in [3.05, 3.63) is 95.1 Å². The van der Waals surface area contributed by atoms with E-state index in [9.17, 15) is 4.79 Å². The largest absolute Gasteiger partial charge is 0.497 e. The Bertz CT molecular complexity index is 1080. The summed E-state index contributed by atoms with van der Waals surface area (Å²) in [6, 6.07) is 25.3. The number of hydrogen-bond donors (Lipinski definition) is 0. The van der Waals surface area contributed by atoms with Crippen LogP contribution in [0.1, 0.15) is 54.9 Å². The molecule has 0 bridgehead atoms. The standard InChI is InChI=1S/C28H29IO3/c1-28(2,3)27(30)32-21-12-10-19(11-13-21)25-23-15-14-22(31-4)16-20(23)17-24(29)26(25)18-8-6-5-7-9-18/h5-16,24-26H,17H2,1-4H3/t24-,25+,26+/m1/s1. The molecule has 1 aliphatic carbocycles. The highest BCUT2D eigenvalue weighted by Gasteiger charge is 2.37. The van der Waals surface area contributed by atoms with Gasteiger partial charge in [0.15, 0.2) is 0 Å². The van der Waals surface area contributed by atoms with Gasteiger partial charge in [-0.05, 0) is 73.7 Å². The number of methoxy groups -OCH3 is 1. The Labute approximate surface area is 204 Å². The zero-order chi connectivity index (χ0) is 22.9. The van der Waals surface area contributed by atoms with Crippen molar-refractivity contribution in [2.45, 2.75) is 43.0 Å². The molecule has 4 rings (SSSR count). The second kappa shape index (κ2) is 9.26. The lowest BCUT2D eigenvalue weighted by Crippen LogP contribution is -2.29. The van der Waals surface area contributed by atoms with Crippen LogP contribution in [0.5, 0.6) is 11.5 Å². The zero-order valence-corrected chi connectivity index (χ0v) is 21.1. The molecule has 0 amide bonds. The van der Waals surface area contributed by atoms with E-state index in [2.05, 4.69) is 83.3 Å². The summed E-state index contributed by atoms with van der Waals surface area (Å²) in [6.07, 6.45) is 1.00. The van der Waals surface area contributed by atoms with Gasteiger partial charge in [-0.3, -0.25) is 4.79 Å². The summed E-state index contributed by atoms with van der Waals surface area (Å²) < 4.78 is 11.5. The van der Waals surface area contributed by atoms with E-state index in [1.165, 1.54) is 22.3 Å². The zero-order valence-electron chi connectivity index (χ0n) is 19.0. The van der Waals surface area contributed by atoms with Gasteiger partial charge >= 0.3 is 5.97 Å². The van der Waals surface area contributed by atoms with Crippen molar-refractivity contribution in [2.24, 2.45) is 5.41 Å². The Hall–Kier alpha value is -2.34. The first-order chi connectivity index (χ1) is 15.3. The molecule has 4 heteroatoms. The quantitative estimate of drug-likeness (QED) is 0.156. The minimum Gasteiger partial charge on any atom is -0.497 e. The van der Waals surface area contributed by atoms with E-state index in [0.29, 0.717) is 15.6 Å². The fraction of sp³-hybridized carbons (Fsp3) is 0.321. The van der Waals surface area contributed by atoms with Crippen molar-refractivity contribution in [3.8, 4) is 11.5 Å². The molecule has 3 atom stereocenters. The molecule has 32 heavy (non-hydrogen) atoms. The van der Waals surface area contributed by atoms with Gasteiger partial charge in [-0.25, -0.2) is 0 Å². The van der Waals surface area contributed by atoms with Gasteiger partial charge in [-0.1, -0.05) is 71.1 Å². The number of alkyl halides is 1. The fourth-order valence-corrected chi connectivity index (χ4v) is 5.70. The van der Waals surface area contributed by atoms with E-state index in [-0.39, 0.29) is 11.9 Å². The maximum absolute atomic E-state index is 12.3. The van der Waals surface area contributed by atoms with Crippen molar-refractivity contribution in [1.82, 2.24) is 0 Å². The molecular weight excluding hydrogens is 511 g/mol. The van der Waals surface area contributed by atoms with Crippen LogP contribution in [0.25, 0.3) is 0 Å². The van der Waals surface area contributed by atoms with Crippen molar-refractivity contribution in [3.63, 3.8) is 0 Å². The van der Waals surface area contributed by atoms with E-state index in [4.69, 9.17) is 9.47 Å². The molecule has 0 fully saturated rings. The monoisotopic (exact) mass is 540 g/mol. The smallest absolute Gasteiger partial charge is 0.316 e. The summed E-state index contributed by atoms with van der Waals surface area (Å²) in [7, 11) is 1.72. The Balaban J connectivity index is 1.75. The molecule has 0 saturated heterocycles. The van der Waals surface area contributed by atoms with E-state index in [1.807, 2.05) is 32.9 Å². The summed E-state index contributed by atoms with van der Waals surface area (Å²) >= 11 is 2.61. The van der Waals surface area contributed by atoms with Crippen LogP contribution in [-0.4, -0.2) is 17.0 Å². The molecular formula is C28H29IO3. The van der Waals surface area contributed by atoms with Crippen LogP contribution in [-0.2, 0) is 11.2 Å². The molecule has 0 unspecified atom stereocenters. The first kappa shape index (κ1) is 22.8. The van der Waals surface area contributed by atoms with Gasteiger partial charge in [-0.15, -0.1) is 0 Å². The van der Waals surface area contributed by atoms with Crippen molar-refractivity contribution < 1.29 is 14.3 Å². The highest BCUT2D eigenvalue weighted by Crippen LogP contribution is 2.49. The number of hydrogen-bond acceptors (Lipinski definition) is 3. The number of fused-ring (bicyclic) bond motifs is 1. The molecule has 0 heterocycles. The predicted molar refractivity (Wildman–Crippen MR) is 137 cm³/mol. The van der Waals surface area contributed by atoms with Crippen molar-refractivity contribution in [2.75, 3.05) is 7.11 Å². The average Bonchev–Trinajstić information content (AvgIpc) is 2.78. The van der Waals surface area contributed by atoms with Crippen LogP contribution in [0.15, 0.2) is 72.8 Å². The van der Waals surface area contributed by atoms with Crippen molar-refractivity contribution >= 4 is 28.6 Å². The third-order valence-corrected chi connectivity index (χ3v) is 7.31. The molecule has 0 N–H and O–H groups in total. The molecule has 0 aromatic heterocycles. The normalized spacial score (nSPS) is 20.3.